The summed E-state index contributed by atoms with van der Waals surface area (Å²) in [6.45, 7) is 5.65. The number of anilines is 1. The Morgan fingerprint density at radius 2 is 2.06 bits per heavy atom. The quantitative estimate of drug-likeness (QED) is 0.882. The Bertz CT molecular complexity index is 392. The molecular formula is C15H23N3. The maximum absolute atomic E-state index is 4.48. The molecule has 0 atom stereocenters. The largest absolute Gasteiger partial charge is 0.356 e. The molecule has 3 rings (SSSR count). The summed E-state index contributed by atoms with van der Waals surface area (Å²) < 4.78 is 0. The standard InChI is InChI=1S/C15H23N3/c1-12-4-7-16-15(10-12)18-8-5-14(6-9-18)17-11-13-2-3-13/h4,7,10,13-14,17H,2-3,5-6,8-9,11H2,1H3. The van der Waals surface area contributed by atoms with E-state index in [9.17, 15) is 0 Å². The lowest BCUT2D eigenvalue weighted by Crippen LogP contribution is -2.43. The fourth-order valence-corrected chi connectivity index (χ4v) is 2.66. The smallest absolute Gasteiger partial charge is 0.128 e. The lowest BCUT2D eigenvalue weighted by molar-refractivity contribution is 0.407. The summed E-state index contributed by atoms with van der Waals surface area (Å²) in [5.74, 6) is 2.14. The van der Waals surface area contributed by atoms with Gasteiger partial charge in [0.1, 0.15) is 5.82 Å². The summed E-state index contributed by atoms with van der Waals surface area (Å²) in [6, 6.07) is 4.98. The second-order valence-electron chi connectivity index (χ2n) is 5.80. The van der Waals surface area contributed by atoms with Gasteiger partial charge in [-0.15, -0.1) is 0 Å². The summed E-state index contributed by atoms with van der Waals surface area (Å²) in [5, 5.41) is 3.72. The zero-order valence-corrected chi connectivity index (χ0v) is 11.2. The average Bonchev–Trinajstić information content (AvgIpc) is 3.21. The zero-order valence-electron chi connectivity index (χ0n) is 11.2. The summed E-state index contributed by atoms with van der Waals surface area (Å²) >= 11 is 0. The molecule has 1 aromatic rings. The van der Waals surface area contributed by atoms with Crippen LogP contribution in [0, 0.1) is 12.8 Å². The van der Waals surface area contributed by atoms with Crippen molar-refractivity contribution in [3.63, 3.8) is 0 Å². The van der Waals surface area contributed by atoms with Gasteiger partial charge in [0.2, 0.25) is 0 Å². The van der Waals surface area contributed by atoms with Gasteiger partial charge >= 0.3 is 0 Å². The number of pyridine rings is 1. The lowest BCUT2D eigenvalue weighted by atomic mass is 10.0. The molecule has 2 fully saturated rings. The molecule has 98 valence electrons. The maximum Gasteiger partial charge on any atom is 0.128 e. The van der Waals surface area contributed by atoms with Crippen molar-refractivity contribution in [3.05, 3.63) is 23.9 Å². The van der Waals surface area contributed by atoms with Crippen molar-refractivity contribution >= 4 is 5.82 Å². The summed E-state index contributed by atoms with van der Waals surface area (Å²) in [5.41, 5.74) is 1.30. The molecule has 0 aromatic carbocycles. The molecule has 0 amide bonds. The van der Waals surface area contributed by atoms with E-state index in [2.05, 4.69) is 34.3 Å². The first-order valence-electron chi connectivity index (χ1n) is 7.22. The van der Waals surface area contributed by atoms with E-state index in [1.165, 1.54) is 37.8 Å². The highest BCUT2D eigenvalue weighted by atomic mass is 15.2. The third-order valence-corrected chi connectivity index (χ3v) is 4.11. The van der Waals surface area contributed by atoms with Crippen LogP contribution in [0.2, 0.25) is 0 Å². The highest BCUT2D eigenvalue weighted by molar-refractivity contribution is 5.41. The van der Waals surface area contributed by atoms with Gasteiger partial charge in [0.15, 0.2) is 0 Å². The lowest BCUT2D eigenvalue weighted by Gasteiger charge is -2.33. The molecule has 1 aromatic heterocycles. The van der Waals surface area contributed by atoms with Crippen molar-refractivity contribution in [1.82, 2.24) is 10.3 Å². The normalized spacial score (nSPS) is 21.3. The van der Waals surface area contributed by atoms with Crippen LogP contribution in [-0.4, -0.2) is 30.7 Å². The SMILES string of the molecule is Cc1ccnc(N2CCC(NCC3CC3)CC2)c1. The second-order valence-corrected chi connectivity index (χ2v) is 5.80. The van der Waals surface area contributed by atoms with Gasteiger partial charge in [-0.1, -0.05) is 0 Å². The predicted molar refractivity (Wildman–Crippen MR) is 74.9 cm³/mol. The average molecular weight is 245 g/mol. The van der Waals surface area contributed by atoms with E-state index in [1.807, 2.05) is 6.20 Å². The molecule has 0 unspecified atom stereocenters. The van der Waals surface area contributed by atoms with Gasteiger partial charge in [-0.25, -0.2) is 4.98 Å². The Hall–Kier alpha value is -1.09. The number of aryl methyl sites for hydroxylation is 1. The minimum absolute atomic E-state index is 0.728. The highest BCUT2D eigenvalue weighted by Gasteiger charge is 2.24. The number of rotatable bonds is 4. The van der Waals surface area contributed by atoms with E-state index in [4.69, 9.17) is 0 Å². The van der Waals surface area contributed by atoms with Crippen LogP contribution in [0.15, 0.2) is 18.3 Å². The summed E-state index contributed by atoms with van der Waals surface area (Å²) in [7, 11) is 0. The number of piperidine rings is 1. The highest BCUT2D eigenvalue weighted by Crippen LogP contribution is 2.28. The van der Waals surface area contributed by atoms with E-state index < -0.39 is 0 Å². The Labute approximate surface area is 110 Å². The summed E-state index contributed by atoms with van der Waals surface area (Å²) in [4.78, 5) is 6.90. The molecule has 1 saturated heterocycles. The summed E-state index contributed by atoms with van der Waals surface area (Å²) in [6.07, 6.45) is 7.31. The van der Waals surface area contributed by atoms with E-state index in [0.29, 0.717) is 0 Å². The molecule has 2 heterocycles. The van der Waals surface area contributed by atoms with Gasteiger partial charge in [-0.05, 0) is 62.8 Å². The third-order valence-electron chi connectivity index (χ3n) is 4.11. The van der Waals surface area contributed by atoms with Crippen LogP contribution in [0.25, 0.3) is 0 Å². The van der Waals surface area contributed by atoms with Gasteiger partial charge in [-0.3, -0.25) is 0 Å². The molecule has 0 spiro atoms. The third kappa shape index (κ3) is 3.02. The van der Waals surface area contributed by atoms with Crippen molar-refractivity contribution < 1.29 is 0 Å². The minimum atomic E-state index is 0.728. The molecule has 1 aliphatic carbocycles. The van der Waals surface area contributed by atoms with E-state index in [1.54, 1.807) is 0 Å². The molecule has 18 heavy (non-hydrogen) atoms. The molecule has 3 nitrogen and oxygen atoms in total. The fraction of sp³-hybridized carbons (Fsp3) is 0.667. The topological polar surface area (TPSA) is 28.2 Å². The number of nitrogens with one attached hydrogen (secondary N) is 1. The molecular weight excluding hydrogens is 222 g/mol. The van der Waals surface area contributed by atoms with Crippen molar-refractivity contribution in [3.8, 4) is 0 Å². The maximum atomic E-state index is 4.48. The first-order chi connectivity index (χ1) is 8.81. The molecule has 0 bridgehead atoms. The number of nitrogens with zero attached hydrogens (tertiary/aromatic N) is 2. The number of aromatic nitrogens is 1. The number of hydrogen-bond acceptors (Lipinski definition) is 3. The van der Waals surface area contributed by atoms with Crippen LogP contribution in [0.1, 0.15) is 31.2 Å². The fourth-order valence-electron chi connectivity index (χ4n) is 2.66. The van der Waals surface area contributed by atoms with Crippen molar-refractivity contribution in [2.45, 2.75) is 38.6 Å². The van der Waals surface area contributed by atoms with Crippen molar-refractivity contribution in [2.24, 2.45) is 5.92 Å². The first kappa shape index (κ1) is 12.0. The van der Waals surface area contributed by atoms with Gasteiger partial charge in [0.25, 0.3) is 0 Å². The Balaban J connectivity index is 1.49. The van der Waals surface area contributed by atoms with Crippen molar-refractivity contribution in [2.75, 3.05) is 24.5 Å². The van der Waals surface area contributed by atoms with Gasteiger partial charge in [0.05, 0.1) is 0 Å². The van der Waals surface area contributed by atoms with E-state index in [-0.39, 0.29) is 0 Å². The zero-order chi connectivity index (χ0) is 12.4. The van der Waals surface area contributed by atoms with Crippen LogP contribution < -0.4 is 10.2 Å². The van der Waals surface area contributed by atoms with Crippen LogP contribution in [-0.2, 0) is 0 Å². The van der Waals surface area contributed by atoms with Gasteiger partial charge in [-0.2, -0.15) is 0 Å². The predicted octanol–water partition coefficient (Wildman–Crippen LogP) is 2.36. The van der Waals surface area contributed by atoms with Gasteiger partial charge in [0, 0.05) is 25.3 Å². The molecule has 2 aliphatic rings. The van der Waals surface area contributed by atoms with Gasteiger partial charge < -0.3 is 10.2 Å². The van der Waals surface area contributed by atoms with Crippen LogP contribution in [0.3, 0.4) is 0 Å². The van der Waals surface area contributed by atoms with Crippen LogP contribution >= 0.6 is 0 Å². The van der Waals surface area contributed by atoms with E-state index in [0.717, 1.165) is 30.9 Å². The first-order valence-corrected chi connectivity index (χ1v) is 7.22. The molecule has 3 heteroatoms. The molecule has 0 radical (unpaired) electrons. The second kappa shape index (κ2) is 5.27. The molecule has 1 saturated carbocycles. The molecule has 1 N–H and O–H groups in total. The van der Waals surface area contributed by atoms with Crippen LogP contribution in [0.4, 0.5) is 5.82 Å². The van der Waals surface area contributed by atoms with E-state index >= 15 is 0 Å². The Morgan fingerprint density at radius 3 is 2.72 bits per heavy atom. The Kier molecular flexibility index (Phi) is 3.50. The minimum Gasteiger partial charge on any atom is -0.356 e. The van der Waals surface area contributed by atoms with Crippen molar-refractivity contribution in [1.29, 1.82) is 0 Å². The monoisotopic (exact) mass is 245 g/mol. The molecule has 1 aliphatic heterocycles. The number of hydrogen-bond donors (Lipinski definition) is 1. The van der Waals surface area contributed by atoms with Crippen LogP contribution in [0.5, 0.6) is 0 Å². The Morgan fingerprint density at radius 1 is 1.28 bits per heavy atom.